The quantitative estimate of drug-likeness (QED) is 0.541. The monoisotopic (exact) mass is 414 g/mol. The zero-order valence-corrected chi connectivity index (χ0v) is 16.2. The van der Waals surface area contributed by atoms with Gasteiger partial charge in [-0.15, -0.1) is 0 Å². The minimum absolute atomic E-state index is 0.141. The minimum atomic E-state index is 0.141. The van der Waals surface area contributed by atoms with Crippen LogP contribution in [0.2, 0.25) is 0 Å². The fourth-order valence-corrected chi connectivity index (χ4v) is 4.92. The number of amides is 1. The first kappa shape index (κ1) is 16.7. The van der Waals surface area contributed by atoms with Crippen LogP contribution >= 0.6 is 27.3 Å². The maximum Gasteiger partial charge on any atom is 0.232 e. The van der Waals surface area contributed by atoms with Crippen LogP contribution in [0.4, 0.5) is 5.13 Å². The second kappa shape index (κ2) is 7.26. The molecule has 0 spiro atoms. The number of anilines is 1. The smallest absolute Gasteiger partial charge is 0.232 e. The molecule has 128 valence electrons. The topological polar surface area (TPSA) is 33.2 Å². The molecule has 0 N–H and O–H groups in total. The summed E-state index contributed by atoms with van der Waals surface area (Å²) in [6.45, 7) is 0.581. The summed E-state index contributed by atoms with van der Waals surface area (Å²) < 4.78 is 2.13. The Morgan fingerprint density at radius 2 is 1.92 bits per heavy atom. The number of fused-ring (bicyclic) bond motifs is 1. The highest BCUT2D eigenvalue weighted by atomic mass is 79.9. The van der Waals surface area contributed by atoms with Gasteiger partial charge in [-0.1, -0.05) is 70.4 Å². The third-order valence-electron chi connectivity index (χ3n) is 4.72. The summed E-state index contributed by atoms with van der Waals surface area (Å²) >= 11 is 5.10. The van der Waals surface area contributed by atoms with Gasteiger partial charge >= 0.3 is 0 Å². The number of carbonyl (C=O) groups is 1. The number of benzene rings is 2. The van der Waals surface area contributed by atoms with Gasteiger partial charge in [0.2, 0.25) is 5.91 Å². The van der Waals surface area contributed by atoms with Gasteiger partial charge in [0.1, 0.15) is 0 Å². The highest BCUT2D eigenvalue weighted by molar-refractivity contribution is 9.10. The van der Waals surface area contributed by atoms with Crippen molar-refractivity contribution in [2.75, 3.05) is 4.90 Å². The minimum Gasteiger partial charge on any atom is -0.283 e. The van der Waals surface area contributed by atoms with Gasteiger partial charge in [-0.05, 0) is 36.6 Å². The molecule has 5 heteroatoms. The van der Waals surface area contributed by atoms with Gasteiger partial charge in [-0.2, -0.15) is 0 Å². The molecule has 3 nitrogen and oxygen atoms in total. The molecule has 4 rings (SSSR count). The summed E-state index contributed by atoms with van der Waals surface area (Å²) in [6, 6.07) is 16.2. The molecular formula is C20H19BrN2OS. The summed E-state index contributed by atoms with van der Waals surface area (Å²) in [7, 11) is 0. The lowest BCUT2D eigenvalue weighted by molar-refractivity contribution is -0.122. The van der Waals surface area contributed by atoms with Crippen molar-refractivity contribution in [1.82, 2.24) is 4.98 Å². The molecule has 1 aromatic heterocycles. The third kappa shape index (κ3) is 3.62. The zero-order chi connectivity index (χ0) is 17.2. The van der Waals surface area contributed by atoms with E-state index in [1.807, 2.05) is 35.2 Å². The summed E-state index contributed by atoms with van der Waals surface area (Å²) in [6.07, 6.45) is 4.31. The molecule has 0 saturated heterocycles. The number of rotatable bonds is 4. The van der Waals surface area contributed by atoms with E-state index in [0.717, 1.165) is 51.1 Å². The van der Waals surface area contributed by atoms with Gasteiger partial charge in [0.25, 0.3) is 0 Å². The van der Waals surface area contributed by atoms with E-state index < -0.39 is 0 Å². The van der Waals surface area contributed by atoms with Crippen molar-refractivity contribution in [2.24, 2.45) is 5.92 Å². The number of hydrogen-bond acceptors (Lipinski definition) is 3. The molecule has 1 heterocycles. The Balaban J connectivity index is 1.71. The van der Waals surface area contributed by atoms with Crippen LogP contribution in [0.15, 0.2) is 53.0 Å². The van der Waals surface area contributed by atoms with Gasteiger partial charge in [0.05, 0.1) is 16.8 Å². The van der Waals surface area contributed by atoms with Crippen molar-refractivity contribution >= 4 is 48.5 Å². The molecule has 0 unspecified atom stereocenters. The highest BCUT2D eigenvalue weighted by Gasteiger charge is 2.29. The molecule has 0 atom stereocenters. The van der Waals surface area contributed by atoms with Crippen LogP contribution in [0.5, 0.6) is 0 Å². The Bertz CT molecular complexity index is 887. The van der Waals surface area contributed by atoms with Crippen LogP contribution in [-0.4, -0.2) is 10.9 Å². The predicted molar refractivity (Wildman–Crippen MR) is 107 cm³/mol. The van der Waals surface area contributed by atoms with Gasteiger partial charge in [-0.3, -0.25) is 9.69 Å². The maximum atomic E-state index is 13.2. The lowest BCUT2D eigenvalue weighted by Crippen LogP contribution is -2.34. The number of hydrogen-bond donors (Lipinski definition) is 0. The predicted octanol–water partition coefficient (Wildman–Crippen LogP) is 5.78. The van der Waals surface area contributed by atoms with E-state index >= 15 is 0 Å². The number of nitrogens with zero attached hydrogens (tertiary/aromatic N) is 2. The maximum absolute atomic E-state index is 13.2. The van der Waals surface area contributed by atoms with Crippen LogP contribution in [-0.2, 0) is 11.3 Å². The summed E-state index contributed by atoms with van der Waals surface area (Å²) in [4.78, 5) is 19.8. The Morgan fingerprint density at radius 3 is 2.68 bits per heavy atom. The van der Waals surface area contributed by atoms with Crippen LogP contribution in [0.1, 0.15) is 31.2 Å². The first-order chi connectivity index (χ1) is 12.2. The molecule has 0 radical (unpaired) electrons. The van der Waals surface area contributed by atoms with Crippen molar-refractivity contribution in [1.29, 1.82) is 0 Å². The molecule has 1 aliphatic carbocycles. The van der Waals surface area contributed by atoms with E-state index in [1.165, 1.54) is 0 Å². The van der Waals surface area contributed by atoms with Crippen molar-refractivity contribution in [2.45, 2.75) is 32.2 Å². The van der Waals surface area contributed by atoms with Crippen LogP contribution in [0.3, 0.4) is 0 Å². The lowest BCUT2D eigenvalue weighted by atomic mass is 10.1. The second-order valence-corrected chi connectivity index (χ2v) is 8.42. The van der Waals surface area contributed by atoms with Gasteiger partial charge in [0.15, 0.2) is 5.13 Å². The van der Waals surface area contributed by atoms with Crippen LogP contribution in [0, 0.1) is 5.92 Å². The fraction of sp³-hybridized carbons (Fsp3) is 0.300. The van der Waals surface area contributed by atoms with Crippen LogP contribution in [0.25, 0.3) is 10.2 Å². The van der Waals surface area contributed by atoms with E-state index in [1.54, 1.807) is 11.3 Å². The van der Waals surface area contributed by atoms with Crippen molar-refractivity contribution in [3.63, 3.8) is 0 Å². The van der Waals surface area contributed by atoms with Gasteiger partial charge in [0, 0.05) is 10.4 Å². The van der Waals surface area contributed by atoms with Crippen LogP contribution < -0.4 is 4.90 Å². The Labute approximate surface area is 159 Å². The lowest BCUT2D eigenvalue weighted by Gasteiger charge is -2.23. The Kier molecular flexibility index (Phi) is 4.86. The van der Waals surface area contributed by atoms with Crippen molar-refractivity contribution in [3.8, 4) is 0 Å². The van der Waals surface area contributed by atoms with E-state index in [4.69, 9.17) is 4.98 Å². The largest absolute Gasteiger partial charge is 0.283 e. The molecular weight excluding hydrogens is 396 g/mol. The number of halogens is 1. The summed E-state index contributed by atoms with van der Waals surface area (Å²) in [5, 5.41) is 0.800. The average molecular weight is 415 g/mol. The molecule has 3 aromatic rings. The number of carbonyl (C=O) groups excluding carboxylic acids is 1. The van der Waals surface area contributed by atoms with E-state index in [0.29, 0.717) is 6.54 Å². The fourth-order valence-electron chi connectivity index (χ4n) is 3.40. The Morgan fingerprint density at radius 1 is 1.16 bits per heavy atom. The van der Waals surface area contributed by atoms with E-state index in [-0.39, 0.29) is 11.8 Å². The molecule has 0 bridgehead atoms. The average Bonchev–Trinajstić information content (AvgIpc) is 3.29. The summed E-state index contributed by atoms with van der Waals surface area (Å²) in [5.41, 5.74) is 2.08. The first-order valence-electron chi connectivity index (χ1n) is 8.62. The van der Waals surface area contributed by atoms with Gasteiger partial charge in [-0.25, -0.2) is 4.98 Å². The molecule has 2 aromatic carbocycles. The molecule has 1 amide bonds. The highest BCUT2D eigenvalue weighted by Crippen LogP contribution is 2.34. The van der Waals surface area contributed by atoms with Crippen molar-refractivity contribution < 1.29 is 4.79 Å². The summed E-state index contributed by atoms with van der Waals surface area (Å²) in [5.74, 6) is 0.363. The molecule has 0 aliphatic heterocycles. The molecule has 25 heavy (non-hydrogen) atoms. The van der Waals surface area contributed by atoms with E-state index in [2.05, 4.69) is 34.1 Å². The molecule has 1 fully saturated rings. The van der Waals surface area contributed by atoms with Gasteiger partial charge < -0.3 is 0 Å². The first-order valence-corrected chi connectivity index (χ1v) is 10.2. The SMILES string of the molecule is O=C(C1CCCC1)N(Cc1ccccc1)c1nc2ccc(Br)cc2s1. The standard InChI is InChI=1S/C20H19BrN2OS/c21-16-10-11-17-18(12-16)25-20(22-17)23(13-14-6-2-1-3-7-14)19(24)15-8-4-5-9-15/h1-3,6-7,10-12,15H,4-5,8-9,13H2. The normalized spacial score (nSPS) is 14.9. The van der Waals surface area contributed by atoms with Crippen molar-refractivity contribution in [3.05, 3.63) is 58.6 Å². The Hall–Kier alpha value is -1.72. The molecule has 1 aliphatic rings. The number of aromatic nitrogens is 1. The third-order valence-corrected chi connectivity index (χ3v) is 6.26. The second-order valence-electron chi connectivity index (χ2n) is 6.50. The number of thiazole rings is 1. The molecule has 1 saturated carbocycles. The zero-order valence-electron chi connectivity index (χ0n) is 13.8. The van der Waals surface area contributed by atoms with E-state index in [9.17, 15) is 4.79 Å².